The van der Waals surface area contributed by atoms with E-state index in [4.69, 9.17) is 10.8 Å². The number of aliphatic hydroxyl groups excluding tert-OH is 1. The van der Waals surface area contributed by atoms with Gasteiger partial charge in [-0.2, -0.15) is 0 Å². The summed E-state index contributed by atoms with van der Waals surface area (Å²) in [5.74, 6) is -0.661. The van der Waals surface area contributed by atoms with Crippen LogP contribution in [0.5, 0.6) is 0 Å². The van der Waals surface area contributed by atoms with E-state index in [9.17, 15) is 9.90 Å². The van der Waals surface area contributed by atoms with Crippen molar-refractivity contribution >= 4 is 17.5 Å². The van der Waals surface area contributed by atoms with Crippen LogP contribution in [0.25, 0.3) is 0 Å². The van der Waals surface area contributed by atoms with Crippen LogP contribution in [0.1, 0.15) is 23.2 Å². The first-order valence-corrected chi connectivity index (χ1v) is 5.49. The lowest BCUT2D eigenvalue weighted by Gasteiger charge is -2.25. The molecule has 4 N–H and O–H groups in total. The van der Waals surface area contributed by atoms with Gasteiger partial charge in [-0.25, -0.2) is 9.78 Å². The summed E-state index contributed by atoms with van der Waals surface area (Å²) in [6.07, 6.45) is 3.21. The number of aromatic carboxylic acids is 1. The molecule has 6 heteroatoms. The molecule has 92 valence electrons. The van der Waals surface area contributed by atoms with E-state index < -0.39 is 5.97 Å². The standard InChI is InChI=1S/C11H15N3O3/c12-7-4-9(11(16)17)10(13-5-7)14-3-1-2-8(14)6-15/h4-5,8,15H,1-3,6,12H2,(H,16,17). The van der Waals surface area contributed by atoms with Gasteiger partial charge < -0.3 is 20.8 Å². The Morgan fingerprint density at radius 1 is 1.65 bits per heavy atom. The van der Waals surface area contributed by atoms with Gasteiger partial charge in [-0.3, -0.25) is 0 Å². The summed E-state index contributed by atoms with van der Waals surface area (Å²) in [6, 6.07) is 1.35. The Balaban J connectivity index is 2.40. The minimum Gasteiger partial charge on any atom is -0.478 e. The van der Waals surface area contributed by atoms with Crippen LogP contribution in [0.2, 0.25) is 0 Å². The minimum atomic E-state index is -1.05. The van der Waals surface area contributed by atoms with Gasteiger partial charge in [0.05, 0.1) is 24.5 Å². The fourth-order valence-corrected chi connectivity index (χ4v) is 2.16. The number of carbonyl (C=O) groups is 1. The molecule has 2 rings (SSSR count). The van der Waals surface area contributed by atoms with Crippen molar-refractivity contribution < 1.29 is 15.0 Å². The zero-order chi connectivity index (χ0) is 12.4. The number of carboxylic acids is 1. The fraction of sp³-hybridized carbons (Fsp3) is 0.455. The molecule has 0 amide bonds. The van der Waals surface area contributed by atoms with E-state index >= 15 is 0 Å². The lowest BCUT2D eigenvalue weighted by atomic mass is 10.2. The van der Waals surface area contributed by atoms with E-state index in [0.29, 0.717) is 18.1 Å². The Morgan fingerprint density at radius 3 is 3.06 bits per heavy atom. The summed E-state index contributed by atoms with van der Waals surface area (Å²) in [5.41, 5.74) is 5.95. The summed E-state index contributed by atoms with van der Waals surface area (Å²) in [5, 5.41) is 18.4. The molecule has 2 heterocycles. The summed E-state index contributed by atoms with van der Waals surface area (Å²) in [7, 11) is 0. The second-order valence-electron chi connectivity index (χ2n) is 4.12. The maximum absolute atomic E-state index is 11.1. The maximum Gasteiger partial charge on any atom is 0.339 e. The molecule has 1 aromatic rings. The van der Waals surface area contributed by atoms with Gasteiger partial charge in [0.15, 0.2) is 0 Å². The highest BCUT2D eigenvalue weighted by Crippen LogP contribution is 2.27. The van der Waals surface area contributed by atoms with Gasteiger partial charge in [0.25, 0.3) is 0 Å². The van der Waals surface area contributed by atoms with Gasteiger partial charge in [-0.15, -0.1) is 0 Å². The fourth-order valence-electron chi connectivity index (χ4n) is 2.16. The molecule has 1 saturated heterocycles. The Bertz CT molecular complexity index is 436. The topological polar surface area (TPSA) is 99.7 Å². The molecule has 1 aliphatic rings. The molecule has 0 spiro atoms. The number of nitrogens with two attached hydrogens (primary N) is 1. The number of hydrogen-bond donors (Lipinski definition) is 3. The zero-order valence-corrected chi connectivity index (χ0v) is 9.33. The summed E-state index contributed by atoms with van der Waals surface area (Å²) < 4.78 is 0. The minimum absolute atomic E-state index is 0.00507. The summed E-state index contributed by atoms with van der Waals surface area (Å²) in [6.45, 7) is 0.716. The third-order valence-corrected chi connectivity index (χ3v) is 2.98. The van der Waals surface area contributed by atoms with Crippen LogP contribution in [0.4, 0.5) is 11.5 Å². The zero-order valence-electron chi connectivity index (χ0n) is 9.33. The van der Waals surface area contributed by atoms with E-state index in [1.807, 2.05) is 4.90 Å². The summed E-state index contributed by atoms with van der Waals surface area (Å²) >= 11 is 0. The molecule has 0 aliphatic carbocycles. The Labute approximate surface area is 98.7 Å². The Morgan fingerprint density at radius 2 is 2.41 bits per heavy atom. The van der Waals surface area contributed by atoms with E-state index in [2.05, 4.69) is 4.98 Å². The number of nitrogen functional groups attached to an aromatic ring is 1. The predicted molar refractivity (Wildman–Crippen MR) is 63.1 cm³/mol. The molecule has 0 aromatic carbocycles. The first kappa shape index (κ1) is 11.7. The van der Waals surface area contributed by atoms with Crippen molar-refractivity contribution in [1.82, 2.24) is 4.98 Å². The van der Waals surface area contributed by atoms with E-state index in [-0.39, 0.29) is 18.2 Å². The number of carboxylic acid groups (broad SMARTS) is 1. The van der Waals surface area contributed by atoms with Gasteiger partial charge in [0.2, 0.25) is 0 Å². The molecule has 1 aliphatic heterocycles. The molecule has 1 unspecified atom stereocenters. The van der Waals surface area contributed by atoms with Crippen molar-refractivity contribution in [3.63, 3.8) is 0 Å². The maximum atomic E-state index is 11.1. The third kappa shape index (κ3) is 2.16. The largest absolute Gasteiger partial charge is 0.478 e. The van der Waals surface area contributed by atoms with Gasteiger partial charge >= 0.3 is 5.97 Å². The van der Waals surface area contributed by atoms with Crippen LogP contribution >= 0.6 is 0 Å². The SMILES string of the molecule is Nc1cnc(N2CCCC2CO)c(C(=O)O)c1. The first-order chi connectivity index (χ1) is 8.13. The van der Waals surface area contributed by atoms with Gasteiger partial charge in [0.1, 0.15) is 11.4 Å². The number of aromatic nitrogens is 1. The molecule has 0 radical (unpaired) electrons. The van der Waals surface area contributed by atoms with Gasteiger partial charge in [-0.05, 0) is 18.9 Å². The second-order valence-corrected chi connectivity index (χ2v) is 4.12. The number of anilines is 2. The first-order valence-electron chi connectivity index (χ1n) is 5.49. The average molecular weight is 237 g/mol. The molecular formula is C11H15N3O3. The number of nitrogens with zero attached hydrogens (tertiary/aromatic N) is 2. The third-order valence-electron chi connectivity index (χ3n) is 2.98. The highest BCUT2D eigenvalue weighted by atomic mass is 16.4. The molecule has 0 saturated carbocycles. The highest BCUT2D eigenvalue weighted by molar-refractivity contribution is 5.94. The molecular weight excluding hydrogens is 222 g/mol. The van der Waals surface area contributed by atoms with Crippen molar-refractivity contribution in [1.29, 1.82) is 0 Å². The smallest absolute Gasteiger partial charge is 0.339 e. The molecule has 6 nitrogen and oxygen atoms in total. The van der Waals surface area contributed by atoms with Crippen LogP contribution in [-0.2, 0) is 0 Å². The quantitative estimate of drug-likeness (QED) is 0.700. The van der Waals surface area contributed by atoms with Crippen LogP contribution in [0.15, 0.2) is 12.3 Å². The molecule has 1 fully saturated rings. The lowest BCUT2D eigenvalue weighted by molar-refractivity contribution is 0.0697. The Kier molecular flexibility index (Phi) is 3.14. The van der Waals surface area contributed by atoms with Crippen molar-refractivity contribution in [2.45, 2.75) is 18.9 Å². The predicted octanol–water partition coefficient (Wildman–Crippen LogP) is 0.323. The molecule has 1 aromatic heterocycles. The van der Waals surface area contributed by atoms with Crippen LogP contribution in [-0.4, -0.2) is 40.4 Å². The van der Waals surface area contributed by atoms with Crippen molar-refractivity contribution in [3.8, 4) is 0 Å². The normalized spacial score (nSPS) is 19.6. The summed E-state index contributed by atoms with van der Waals surface area (Å²) in [4.78, 5) is 17.1. The molecule has 1 atom stereocenters. The van der Waals surface area contributed by atoms with Crippen molar-refractivity contribution in [2.75, 3.05) is 23.8 Å². The van der Waals surface area contributed by atoms with E-state index in [1.54, 1.807) is 0 Å². The van der Waals surface area contributed by atoms with Crippen LogP contribution in [0.3, 0.4) is 0 Å². The monoisotopic (exact) mass is 237 g/mol. The van der Waals surface area contributed by atoms with Gasteiger partial charge in [-0.1, -0.05) is 0 Å². The lowest BCUT2D eigenvalue weighted by Crippen LogP contribution is -2.34. The van der Waals surface area contributed by atoms with Gasteiger partial charge in [0, 0.05) is 6.54 Å². The van der Waals surface area contributed by atoms with Crippen LogP contribution < -0.4 is 10.6 Å². The second kappa shape index (κ2) is 4.58. The average Bonchev–Trinajstić information content (AvgIpc) is 2.76. The molecule has 17 heavy (non-hydrogen) atoms. The van der Waals surface area contributed by atoms with E-state index in [0.717, 1.165) is 12.8 Å². The van der Waals surface area contributed by atoms with Crippen molar-refractivity contribution in [3.05, 3.63) is 17.8 Å². The number of pyridine rings is 1. The van der Waals surface area contributed by atoms with E-state index in [1.165, 1.54) is 12.3 Å². The highest BCUT2D eigenvalue weighted by Gasteiger charge is 2.28. The van der Waals surface area contributed by atoms with Crippen LogP contribution in [0, 0.1) is 0 Å². The van der Waals surface area contributed by atoms with Crippen molar-refractivity contribution in [2.24, 2.45) is 0 Å². The molecule has 0 bridgehead atoms. The number of hydrogen-bond acceptors (Lipinski definition) is 5. The Hall–Kier alpha value is -1.82. The number of rotatable bonds is 3. The number of aliphatic hydroxyl groups is 1.